The summed E-state index contributed by atoms with van der Waals surface area (Å²) in [7, 11) is -0.291. The standard InChI is InChI=1S/C26H33BN4O9/c1-17(2)13-21(27(39-16-24(35)38-3)40-23(34)10-9-22(32)33)31-25(36)19(14-18-7-5-4-6-8-18)30-26(37)20-15-28-11-12-29-20/h4-8,11-12,15,17,19,21H,9-10,13-14,16H2,1-3H3,(H,30,37)(H,31,36)(H,32,33)/t19?,21-/m0/s1. The molecule has 0 radical (unpaired) electrons. The van der Waals surface area contributed by atoms with Gasteiger partial charge in [-0.15, -0.1) is 0 Å². The first kappa shape index (κ1) is 31.9. The Labute approximate surface area is 232 Å². The summed E-state index contributed by atoms with van der Waals surface area (Å²) in [4.78, 5) is 69.3. The number of hydrogen-bond acceptors (Lipinski definition) is 10. The van der Waals surface area contributed by atoms with Gasteiger partial charge in [0.05, 0.1) is 32.1 Å². The van der Waals surface area contributed by atoms with Crippen LogP contribution in [0.25, 0.3) is 0 Å². The van der Waals surface area contributed by atoms with Crippen LogP contribution in [0.2, 0.25) is 0 Å². The van der Waals surface area contributed by atoms with E-state index in [4.69, 9.17) is 14.4 Å². The van der Waals surface area contributed by atoms with E-state index in [2.05, 4.69) is 25.3 Å². The molecule has 0 bridgehead atoms. The number of aromatic nitrogens is 2. The van der Waals surface area contributed by atoms with Crippen LogP contribution in [0.5, 0.6) is 0 Å². The van der Waals surface area contributed by atoms with Gasteiger partial charge < -0.3 is 29.8 Å². The van der Waals surface area contributed by atoms with E-state index < -0.39 is 68.3 Å². The van der Waals surface area contributed by atoms with Gasteiger partial charge in [0.15, 0.2) is 0 Å². The molecule has 13 nitrogen and oxygen atoms in total. The highest BCUT2D eigenvalue weighted by Crippen LogP contribution is 2.13. The summed E-state index contributed by atoms with van der Waals surface area (Å²) < 4.78 is 15.4. The summed E-state index contributed by atoms with van der Waals surface area (Å²) in [5.74, 6) is -5.06. The molecule has 0 aliphatic carbocycles. The Balaban J connectivity index is 2.30. The van der Waals surface area contributed by atoms with Gasteiger partial charge in [0, 0.05) is 18.8 Å². The first-order valence-electron chi connectivity index (χ1n) is 12.6. The van der Waals surface area contributed by atoms with Gasteiger partial charge in [0.25, 0.3) is 11.9 Å². The smallest absolute Gasteiger partial charge is 0.508 e. The second kappa shape index (κ2) is 16.6. The molecule has 1 unspecified atom stereocenters. The molecule has 2 amide bonds. The minimum Gasteiger partial charge on any atom is -0.508 e. The second-order valence-corrected chi connectivity index (χ2v) is 9.19. The van der Waals surface area contributed by atoms with Crippen molar-refractivity contribution in [2.24, 2.45) is 5.92 Å². The minimum atomic E-state index is -1.44. The van der Waals surface area contributed by atoms with Crippen LogP contribution < -0.4 is 10.6 Å². The molecule has 1 aromatic heterocycles. The average Bonchev–Trinajstić information content (AvgIpc) is 2.93. The summed E-state index contributed by atoms with van der Waals surface area (Å²) in [5, 5.41) is 14.3. The topological polar surface area (TPSA) is 183 Å². The molecule has 14 heteroatoms. The summed E-state index contributed by atoms with van der Waals surface area (Å²) in [6.45, 7) is 3.13. The number of rotatable bonds is 16. The predicted octanol–water partition coefficient (Wildman–Crippen LogP) is 0.974. The molecule has 2 rings (SSSR count). The van der Waals surface area contributed by atoms with Crippen molar-refractivity contribution < 1.29 is 43.1 Å². The second-order valence-electron chi connectivity index (χ2n) is 9.19. The quantitative estimate of drug-likeness (QED) is 0.198. The van der Waals surface area contributed by atoms with E-state index in [-0.39, 0.29) is 24.5 Å². The summed E-state index contributed by atoms with van der Waals surface area (Å²) in [6, 6.07) is 7.93. The fourth-order valence-electron chi connectivity index (χ4n) is 3.58. The van der Waals surface area contributed by atoms with E-state index in [1.165, 1.54) is 18.6 Å². The van der Waals surface area contributed by atoms with E-state index in [0.717, 1.165) is 12.7 Å². The number of esters is 1. The molecular weight excluding hydrogens is 523 g/mol. The van der Waals surface area contributed by atoms with Crippen LogP contribution in [0.15, 0.2) is 48.9 Å². The van der Waals surface area contributed by atoms with Crippen LogP contribution in [-0.2, 0) is 39.6 Å². The van der Waals surface area contributed by atoms with Crippen molar-refractivity contribution in [3.63, 3.8) is 0 Å². The van der Waals surface area contributed by atoms with Crippen LogP contribution in [0, 0.1) is 5.92 Å². The van der Waals surface area contributed by atoms with E-state index in [0.29, 0.717) is 0 Å². The maximum atomic E-state index is 13.6. The average molecular weight is 556 g/mol. The molecule has 40 heavy (non-hydrogen) atoms. The van der Waals surface area contributed by atoms with Crippen molar-refractivity contribution >= 4 is 36.8 Å². The van der Waals surface area contributed by atoms with E-state index in [1.807, 2.05) is 19.9 Å². The maximum Gasteiger partial charge on any atom is 0.551 e. The number of carboxylic acids is 1. The number of aliphatic carboxylic acids is 1. The van der Waals surface area contributed by atoms with Gasteiger partial charge in [-0.25, -0.2) is 9.78 Å². The Morgan fingerprint density at radius 1 is 1.00 bits per heavy atom. The lowest BCUT2D eigenvalue weighted by atomic mass is 9.73. The predicted molar refractivity (Wildman–Crippen MR) is 142 cm³/mol. The number of amides is 2. The monoisotopic (exact) mass is 556 g/mol. The zero-order valence-corrected chi connectivity index (χ0v) is 22.6. The highest BCUT2D eigenvalue weighted by Gasteiger charge is 2.38. The molecule has 3 N–H and O–H groups in total. The molecular formula is C26H33BN4O9. The van der Waals surface area contributed by atoms with Gasteiger partial charge in [-0.05, 0) is 17.9 Å². The molecule has 214 valence electrons. The van der Waals surface area contributed by atoms with Crippen molar-refractivity contribution in [2.75, 3.05) is 13.7 Å². The zero-order valence-electron chi connectivity index (χ0n) is 22.6. The minimum absolute atomic E-state index is 0.0127. The lowest BCUT2D eigenvalue weighted by molar-refractivity contribution is -0.145. The molecule has 1 heterocycles. The van der Waals surface area contributed by atoms with Gasteiger partial charge >= 0.3 is 19.1 Å². The van der Waals surface area contributed by atoms with Crippen LogP contribution in [-0.4, -0.2) is 77.6 Å². The summed E-state index contributed by atoms with van der Waals surface area (Å²) >= 11 is 0. The van der Waals surface area contributed by atoms with Crippen molar-refractivity contribution in [3.05, 3.63) is 60.2 Å². The SMILES string of the molecule is COC(=O)COB(OC(=O)CCC(=O)O)[C@H](CC(C)C)NC(=O)C(Cc1ccccc1)NC(=O)c1cnccn1. The Hall–Kier alpha value is -4.33. The van der Waals surface area contributed by atoms with E-state index in [9.17, 15) is 24.0 Å². The van der Waals surface area contributed by atoms with Gasteiger partial charge in [-0.3, -0.25) is 24.2 Å². The molecule has 0 spiro atoms. The molecule has 2 aromatic rings. The first-order chi connectivity index (χ1) is 19.1. The van der Waals surface area contributed by atoms with Crippen LogP contribution in [0.3, 0.4) is 0 Å². The van der Waals surface area contributed by atoms with Gasteiger partial charge in [0.1, 0.15) is 18.3 Å². The van der Waals surface area contributed by atoms with Crippen molar-refractivity contribution in [3.8, 4) is 0 Å². The maximum absolute atomic E-state index is 13.6. The normalized spacial score (nSPS) is 12.1. The molecule has 0 aliphatic rings. The van der Waals surface area contributed by atoms with Gasteiger partial charge in [0.2, 0.25) is 5.91 Å². The summed E-state index contributed by atoms with van der Waals surface area (Å²) in [6.07, 6.45) is 3.48. The van der Waals surface area contributed by atoms with Crippen molar-refractivity contribution in [1.29, 1.82) is 0 Å². The van der Waals surface area contributed by atoms with E-state index >= 15 is 0 Å². The number of nitrogens with zero attached hydrogens (tertiary/aromatic N) is 2. The van der Waals surface area contributed by atoms with Crippen LogP contribution in [0.1, 0.15) is 49.2 Å². The third kappa shape index (κ3) is 11.6. The van der Waals surface area contributed by atoms with E-state index in [1.54, 1.807) is 24.3 Å². The largest absolute Gasteiger partial charge is 0.551 e. The zero-order chi connectivity index (χ0) is 29.5. The molecule has 1 aromatic carbocycles. The lowest BCUT2D eigenvalue weighted by Gasteiger charge is -2.27. The van der Waals surface area contributed by atoms with Crippen molar-refractivity contribution in [1.82, 2.24) is 20.6 Å². The van der Waals surface area contributed by atoms with Gasteiger partial charge in [-0.1, -0.05) is 44.2 Å². The Kier molecular flexibility index (Phi) is 13.2. The number of benzene rings is 1. The first-order valence-corrected chi connectivity index (χ1v) is 12.6. The fraction of sp³-hybridized carbons (Fsp3) is 0.423. The number of carbonyl (C=O) groups is 5. The fourth-order valence-corrected chi connectivity index (χ4v) is 3.58. The molecule has 0 saturated carbocycles. The third-order valence-electron chi connectivity index (χ3n) is 5.47. The summed E-state index contributed by atoms with van der Waals surface area (Å²) in [5.41, 5.74) is 0.778. The molecule has 0 aliphatic heterocycles. The Morgan fingerprint density at radius 3 is 2.33 bits per heavy atom. The molecule has 0 fully saturated rings. The van der Waals surface area contributed by atoms with Crippen molar-refractivity contribution in [2.45, 2.75) is 51.5 Å². The number of hydrogen-bond donors (Lipinski definition) is 3. The van der Waals surface area contributed by atoms with Crippen LogP contribution in [0.4, 0.5) is 0 Å². The number of methoxy groups -OCH3 is 1. The number of nitrogens with one attached hydrogen (secondary N) is 2. The third-order valence-corrected chi connectivity index (χ3v) is 5.47. The lowest BCUT2D eigenvalue weighted by Crippen LogP contribution is -2.57. The number of carbonyl (C=O) groups excluding carboxylic acids is 4. The highest BCUT2D eigenvalue weighted by atomic mass is 16.6. The number of ether oxygens (including phenoxy) is 1. The Morgan fingerprint density at radius 2 is 1.73 bits per heavy atom. The Bertz CT molecular complexity index is 1140. The molecule has 2 atom stereocenters. The van der Waals surface area contributed by atoms with Gasteiger partial charge in [-0.2, -0.15) is 0 Å². The van der Waals surface area contributed by atoms with Crippen LogP contribution >= 0.6 is 0 Å². The highest BCUT2D eigenvalue weighted by molar-refractivity contribution is 6.49. The molecule has 0 saturated heterocycles. The number of carboxylic acid groups (broad SMARTS) is 1.